The molecular weight excluding hydrogens is 338 g/mol. The maximum Gasteiger partial charge on any atom is 0.228 e. The molecule has 0 unspecified atom stereocenters. The SMILES string of the molecule is Cc1ccnc(Nc2cccc(-c3cnc(-c4c(C)ccnc4C)o3)n2)c1. The summed E-state index contributed by atoms with van der Waals surface area (Å²) in [6.45, 7) is 5.99. The lowest BCUT2D eigenvalue weighted by Crippen LogP contribution is -1.96. The van der Waals surface area contributed by atoms with Gasteiger partial charge in [0.1, 0.15) is 17.3 Å². The van der Waals surface area contributed by atoms with Gasteiger partial charge in [0, 0.05) is 12.4 Å². The van der Waals surface area contributed by atoms with E-state index in [1.165, 1.54) is 0 Å². The summed E-state index contributed by atoms with van der Waals surface area (Å²) < 4.78 is 5.98. The largest absolute Gasteiger partial charge is 0.434 e. The monoisotopic (exact) mass is 357 g/mol. The van der Waals surface area contributed by atoms with Crippen LogP contribution in [0.5, 0.6) is 0 Å². The van der Waals surface area contributed by atoms with Crippen molar-refractivity contribution in [1.29, 1.82) is 0 Å². The van der Waals surface area contributed by atoms with E-state index in [0.717, 1.165) is 28.2 Å². The Morgan fingerprint density at radius 3 is 2.56 bits per heavy atom. The van der Waals surface area contributed by atoms with Gasteiger partial charge in [0.05, 0.1) is 17.5 Å². The maximum absolute atomic E-state index is 5.98. The molecule has 4 heterocycles. The third-order valence-corrected chi connectivity index (χ3v) is 4.24. The Bertz CT molecular complexity index is 1080. The number of hydrogen-bond donors (Lipinski definition) is 1. The molecule has 4 aromatic rings. The van der Waals surface area contributed by atoms with E-state index in [1.807, 2.05) is 57.2 Å². The zero-order valence-corrected chi connectivity index (χ0v) is 15.4. The minimum atomic E-state index is 0.550. The highest BCUT2D eigenvalue weighted by Crippen LogP contribution is 2.29. The van der Waals surface area contributed by atoms with Gasteiger partial charge >= 0.3 is 0 Å². The third kappa shape index (κ3) is 3.55. The average Bonchev–Trinajstić information content (AvgIpc) is 3.12. The van der Waals surface area contributed by atoms with Crippen LogP contribution >= 0.6 is 0 Å². The molecular formula is C21H19N5O. The van der Waals surface area contributed by atoms with Gasteiger partial charge in [-0.3, -0.25) is 4.98 Å². The number of aryl methyl sites for hydroxylation is 3. The van der Waals surface area contributed by atoms with Crippen molar-refractivity contribution in [3.63, 3.8) is 0 Å². The second-order valence-electron chi connectivity index (χ2n) is 6.37. The molecule has 6 heteroatoms. The fourth-order valence-electron chi connectivity index (χ4n) is 2.90. The molecule has 0 saturated carbocycles. The van der Waals surface area contributed by atoms with Crippen LogP contribution in [0, 0.1) is 20.8 Å². The first-order valence-corrected chi connectivity index (χ1v) is 8.65. The smallest absolute Gasteiger partial charge is 0.228 e. The Hall–Kier alpha value is -3.54. The molecule has 0 saturated heterocycles. The Morgan fingerprint density at radius 2 is 1.74 bits per heavy atom. The number of nitrogens with one attached hydrogen (secondary N) is 1. The molecule has 0 radical (unpaired) electrons. The van der Waals surface area contributed by atoms with Crippen molar-refractivity contribution < 1.29 is 4.42 Å². The van der Waals surface area contributed by atoms with E-state index in [9.17, 15) is 0 Å². The standard InChI is InChI=1S/C21H19N5O/c1-13-7-9-23-19(11-13)26-18-6-4-5-16(25-18)17-12-24-21(27-17)20-14(2)8-10-22-15(20)3/h4-12H,1-3H3,(H,23,25,26). The van der Waals surface area contributed by atoms with Gasteiger partial charge in [-0.1, -0.05) is 6.07 Å². The van der Waals surface area contributed by atoms with Crippen molar-refractivity contribution in [2.75, 3.05) is 5.32 Å². The van der Waals surface area contributed by atoms with Crippen LogP contribution in [0.3, 0.4) is 0 Å². The van der Waals surface area contributed by atoms with Crippen LogP contribution in [0.1, 0.15) is 16.8 Å². The predicted octanol–water partition coefficient (Wildman–Crippen LogP) is 4.86. The Kier molecular flexibility index (Phi) is 4.38. The van der Waals surface area contributed by atoms with E-state index in [1.54, 1.807) is 18.6 Å². The summed E-state index contributed by atoms with van der Waals surface area (Å²) in [5, 5.41) is 3.22. The topological polar surface area (TPSA) is 76.7 Å². The highest BCUT2D eigenvalue weighted by Gasteiger charge is 2.14. The fraction of sp³-hybridized carbons (Fsp3) is 0.143. The summed E-state index contributed by atoms with van der Waals surface area (Å²) in [6, 6.07) is 11.6. The van der Waals surface area contributed by atoms with Gasteiger partial charge in [0.25, 0.3) is 0 Å². The summed E-state index contributed by atoms with van der Waals surface area (Å²) in [5.41, 5.74) is 4.71. The molecule has 0 aromatic carbocycles. The fourth-order valence-corrected chi connectivity index (χ4v) is 2.90. The molecule has 6 nitrogen and oxygen atoms in total. The quantitative estimate of drug-likeness (QED) is 0.562. The molecule has 0 aliphatic heterocycles. The highest BCUT2D eigenvalue weighted by molar-refractivity contribution is 5.64. The van der Waals surface area contributed by atoms with Gasteiger partial charge in [-0.25, -0.2) is 15.0 Å². The van der Waals surface area contributed by atoms with Gasteiger partial charge < -0.3 is 9.73 Å². The van der Waals surface area contributed by atoms with Crippen LogP contribution in [0.2, 0.25) is 0 Å². The first-order valence-electron chi connectivity index (χ1n) is 8.65. The van der Waals surface area contributed by atoms with Gasteiger partial charge in [0.15, 0.2) is 5.76 Å². The Balaban J connectivity index is 1.64. The number of nitrogens with zero attached hydrogens (tertiary/aromatic N) is 4. The normalized spacial score (nSPS) is 10.8. The van der Waals surface area contributed by atoms with E-state index in [0.29, 0.717) is 23.2 Å². The van der Waals surface area contributed by atoms with Gasteiger partial charge in [-0.15, -0.1) is 0 Å². The molecule has 4 aromatic heterocycles. The van der Waals surface area contributed by atoms with Crippen molar-refractivity contribution in [2.24, 2.45) is 0 Å². The molecule has 0 spiro atoms. The van der Waals surface area contributed by atoms with Crippen LogP contribution in [0.15, 0.2) is 59.4 Å². The van der Waals surface area contributed by atoms with Gasteiger partial charge in [-0.05, 0) is 62.2 Å². The lowest BCUT2D eigenvalue weighted by atomic mass is 10.1. The summed E-state index contributed by atoms with van der Waals surface area (Å²) in [7, 11) is 0. The van der Waals surface area contributed by atoms with Crippen LogP contribution in [0.25, 0.3) is 22.9 Å². The number of pyridine rings is 3. The molecule has 0 aliphatic carbocycles. The third-order valence-electron chi connectivity index (χ3n) is 4.24. The van der Waals surface area contributed by atoms with Crippen LogP contribution in [-0.4, -0.2) is 19.9 Å². The van der Waals surface area contributed by atoms with Crippen LogP contribution in [-0.2, 0) is 0 Å². The first kappa shape index (κ1) is 16.9. The van der Waals surface area contributed by atoms with Crippen molar-refractivity contribution in [3.05, 3.63) is 71.8 Å². The van der Waals surface area contributed by atoms with Gasteiger partial charge in [0.2, 0.25) is 5.89 Å². The van der Waals surface area contributed by atoms with E-state index in [4.69, 9.17) is 4.42 Å². The minimum Gasteiger partial charge on any atom is -0.434 e. The van der Waals surface area contributed by atoms with E-state index in [2.05, 4.69) is 25.3 Å². The molecule has 0 aliphatic rings. The zero-order valence-electron chi connectivity index (χ0n) is 15.4. The van der Waals surface area contributed by atoms with Crippen molar-refractivity contribution in [2.45, 2.75) is 20.8 Å². The molecule has 0 atom stereocenters. The number of hydrogen-bond acceptors (Lipinski definition) is 6. The molecule has 4 rings (SSSR count). The molecule has 0 bridgehead atoms. The van der Waals surface area contributed by atoms with E-state index >= 15 is 0 Å². The van der Waals surface area contributed by atoms with Crippen LogP contribution in [0.4, 0.5) is 11.6 Å². The minimum absolute atomic E-state index is 0.550. The molecule has 0 amide bonds. The second-order valence-corrected chi connectivity index (χ2v) is 6.37. The lowest BCUT2D eigenvalue weighted by molar-refractivity contribution is 0.585. The maximum atomic E-state index is 5.98. The summed E-state index contributed by atoms with van der Waals surface area (Å²) in [6.07, 6.45) is 5.25. The Labute approximate surface area is 157 Å². The van der Waals surface area contributed by atoms with Crippen molar-refractivity contribution >= 4 is 11.6 Å². The summed E-state index contributed by atoms with van der Waals surface area (Å²) >= 11 is 0. The molecule has 134 valence electrons. The lowest BCUT2D eigenvalue weighted by Gasteiger charge is -2.06. The van der Waals surface area contributed by atoms with Crippen LogP contribution < -0.4 is 5.32 Å². The Morgan fingerprint density at radius 1 is 0.889 bits per heavy atom. The summed E-state index contributed by atoms with van der Waals surface area (Å²) in [5.74, 6) is 2.60. The molecule has 0 fully saturated rings. The first-order chi connectivity index (χ1) is 13.1. The molecule has 27 heavy (non-hydrogen) atoms. The van der Waals surface area contributed by atoms with Crippen molar-refractivity contribution in [1.82, 2.24) is 19.9 Å². The predicted molar refractivity (Wildman–Crippen MR) is 105 cm³/mol. The number of oxazole rings is 1. The number of rotatable bonds is 4. The highest BCUT2D eigenvalue weighted by atomic mass is 16.4. The number of aromatic nitrogens is 4. The second kappa shape index (κ2) is 6.99. The summed E-state index contributed by atoms with van der Waals surface area (Å²) in [4.78, 5) is 17.7. The van der Waals surface area contributed by atoms with Gasteiger partial charge in [-0.2, -0.15) is 0 Å². The average molecular weight is 357 g/mol. The van der Waals surface area contributed by atoms with E-state index < -0.39 is 0 Å². The van der Waals surface area contributed by atoms with Crippen molar-refractivity contribution in [3.8, 4) is 22.9 Å². The zero-order chi connectivity index (χ0) is 18.8. The van der Waals surface area contributed by atoms with E-state index in [-0.39, 0.29) is 0 Å². The number of anilines is 2. The molecule has 1 N–H and O–H groups in total.